The van der Waals surface area contributed by atoms with Gasteiger partial charge in [-0.1, -0.05) is 6.07 Å². The lowest BCUT2D eigenvalue weighted by molar-refractivity contribution is 0.0649. The predicted molar refractivity (Wildman–Crippen MR) is 127 cm³/mol. The van der Waals surface area contributed by atoms with E-state index in [0.717, 1.165) is 27.6 Å². The molecule has 8 heteroatoms. The van der Waals surface area contributed by atoms with Crippen LogP contribution >= 0.6 is 0 Å². The summed E-state index contributed by atoms with van der Waals surface area (Å²) in [4.78, 5) is 15.4. The number of benzene rings is 2. The van der Waals surface area contributed by atoms with Gasteiger partial charge in [0, 0.05) is 23.5 Å². The molecule has 0 spiro atoms. The van der Waals surface area contributed by atoms with Crippen LogP contribution in [-0.2, 0) is 16.4 Å². The highest BCUT2D eigenvalue weighted by Crippen LogP contribution is 2.32. The second-order valence-corrected chi connectivity index (χ2v) is 10.9. The molecule has 1 fully saturated rings. The van der Waals surface area contributed by atoms with Gasteiger partial charge in [-0.25, -0.2) is 8.42 Å². The summed E-state index contributed by atoms with van der Waals surface area (Å²) >= 11 is 0. The third kappa shape index (κ3) is 4.44. The van der Waals surface area contributed by atoms with E-state index in [-0.39, 0.29) is 29.7 Å². The van der Waals surface area contributed by atoms with Gasteiger partial charge in [-0.15, -0.1) is 0 Å². The maximum absolute atomic E-state index is 13.8. The Morgan fingerprint density at radius 3 is 2.39 bits per heavy atom. The molecular weight excluding hydrogens is 442 g/mol. The molecule has 2 heterocycles. The number of amides is 1. The highest BCUT2D eigenvalue weighted by atomic mass is 32.2. The number of hydrogen-bond acceptors (Lipinski definition) is 6. The van der Waals surface area contributed by atoms with Crippen molar-refractivity contribution in [1.29, 1.82) is 0 Å². The van der Waals surface area contributed by atoms with E-state index >= 15 is 0 Å². The summed E-state index contributed by atoms with van der Waals surface area (Å²) in [5, 5.41) is 0.895. The summed E-state index contributed by atoms with van der Waals surface area (Å²) in [6.07, 6.45) is 0.402. The molecule has 4 rings (SSSR count). The Morgan fingerprint density at radius 1 is 1.06 bits per heavy atom. The highest BCUT2D eigenvalue weighted by Gasteiger charge is 2.37. The van der Waals surface area contributed by atoms with Gasteiger partial charge in [0.2, 0.25) is 0 Å². The fourth-order valence-corrected chi connectivity index (χ4v) is 6.10. The first-order valence-electron chi connectivity index (χ1n) is 10.9. The van der Waals surface area contributed by atoms with Crippen molar-refractivity contribution < 1.29 is 27.1 Å². The van der Waals surface area contributed by atoms with Gasteiger partial charge >= 0.3 is 0 Å². The molecule has 0 saturated carbocycles. The predicted octanol–water partition coefficient (Wildman–Crippen LogP) is 4.20. The van der Waals surface area contributed by atoms with Crippen molar-refractivity contribution in [2.24, 2.45) is 0 Å². The van der Waals surface area contributed by atoms with E-state index in [2.05, 4.69) is 0 Å². The maximum Gasteiger partial charge on any atom is 0.290 e. The number of carbonyl (C=O) groups excluding carboxylic acids is 1. The van der Waals surface area contributed by atoms with Crippen molar-refractivity contribution in [2.75, 3.05) is 25.7 Å². The van der Waals surface area contributed by atoms with Gasteiger partial charge in [0.15, 0.2) is 27.1 Å². The molecule has 0 radical (unpaired) electrons. The first kappa shape index (κ1) is 23.2. The zero-order valence-electron chi connectivity index (χ0n) is 19.6. The summed E-state index contributed by atoms with van der Waals surface area (Å²) in [5.74, 6) is 1.10. The van der Waals surface area contributed by atoms with E-state index in [1.807, 2.05) is 39.0 Å². The van der Waals surface area contributed by atoms with E-state index in [0.29, 0.717) is 23.5 Å². The van der Waals surface area contributed by atoms with Crippen LogP contribution in [0.5, 0.6) is 11.5 Å². The van der Waals surface area contributed by atoms with Gasteiger partial charge in [-0.3, -0.25) is 4.79 Å². The number of sulfone groups is 1. The standard InChI is InChI=1S/C25H29NO6S/c1-15-10-20-17(3)24(32-22(20)11-16(15)2)25(27)26(19-8-9-33(28,29)14-19)13-18-6-7-21(30-4)23(12-18)31-5/h6-7,10-12,19H,8-9,13-14H2,1-5H3/t19-/m1/s1. The van der Waals surface area contributed by atoms with E-state index in [9.17, 15) is 13.2 Å². The molecule has 1 atom stereocenters. The molecule has 33 heavy (non-hydrogen) atoms. The fourth-order valence-electron chi connectivity index (χ4n) is 4.37. The summed E-state index contributed by atoms with van der Waals surface area (Å²) in [7, 11) is -0.0757. The van der Waals surface area contributed by atoms with E-state index < -0.39 is 15.9 Å². The van der Waals surface area contributed by atoms with Crippen LogP contribution in [0.3, 0.4) is 0 Å². The SMILES string of the molecule is COc1ccc(CN(C(=O)c2oc3cc(C)c(C)cc3c2C)[C@@H]2CCS(=O)(=O)C2)cc1OC. The molecule has 0 unspecified atom stereocenters. The Bertz CT molecular complexity index is 1320. The molecule has 7 nitrogen and oxygen atoms in total. The average Bonchev–Trinajstić information content (AvgIpc) is 3.30. The largest absolute Gasteiger partial charge is 0.493 e. The van der Waals surface area contributed by atoms with Crippen LogP contribution < -0.4 is 9.47 Å². The third-order valence-corrected chi connectivity index (χ3v) is 8.21. The van der Waals surface area contributed by atoms with Crippen molar-refractivity contribution in [3.63, 3.8) is 0 Å². The number of ether oxygens (including phenoxy) is 2. The Kier molecular flexibility index (Phi) is 6.14. The van der Waals surface area contributed by atoms with Crippen molar-refractivity contribution in [1.82, 2.24) is 4.90 Å². The minimum atomic E-state index is -3.19. The van der Waals surface area contributed by atoms with Crippen LogP contribution in [0.4, 0.5) is 0 Å². The van der Waals surface area contributed by atoms with E-state index in [4.69, 9.17) is 13.9 Å². The minimum absolute atomic E-state index is 0.0521. The Morgan fingerprint density at radius 2 is 1.76 bits per heavy atom. The molecule has 0 N–H and O–H groups in total. The Labute approximate surface area is 194 Å². The van der Waals surface area contributed by atoms with Crippen LogP contribution in [-0.4, -0.2) is 51.0 Å². The summed E-state index contributed by atoms with van der Waals surface area (Å²) in [6, 6.07) is 8.97. The molecule has 1 amide bonds. The average molecular weight is 472 g/mol. The number of carbonyl (C=O) groups is 1. The van der Waals surface area contributed by atoms with E-state index in [1.165, 1.54) is 0 Å². The molecule has 1 aromatic heterocycles. The number of methoxy groups -OCH3 is 2. The molecule has 0 aliphatic carbocycles. The molecule has 1 saturated heterocycles. The lowest BCUT2D eigenvalue weighted by Crippen LogP contribution is -2.40. The van der Waals surface area contributed by atoms with Gasteiger partial charge in [-0.05, 0) is 68.1 Å². The number of hydrogen-bond donors (Lipinski definition) is 0. The van der Waals surface area contributed by atoms with Crippen LogP contribution in [0.25, 0.3) is 11.0 Å². The molecule has 176 valence electrons. The first-order valence-corrected chi connectivity index (χ1v) is 12.7. The molecular formula is C25H29NO6S. The van der Waals surface area contributed by atoms with Crippen LogP contribution in [0.1, 0.15) is 39.2 Å². The smallest absolute Gasteiger partial charge is 0.290 e. The fraction of sp³-hybridized carbons (Fsp3) is 0.400. The summed E-state index contributed by atoms with van der Waals surface area (Å²) in [6.45, 7) is 6.12. The van der Waals surface area contributed by atoms with Crippen LogP contribution in [0, 0.1) is 20.8 Å². The van der Waals surface area contributed by atoms with Gasteiger partial charge in [-0.2, -0.15) is 0 Å². The van der Waals surface area contributed by atoms with Gasteiger partial charge in [0.25, 0.3) is 5.91 Å². The molecule has 0 bridgehead atoms. The molecule has 1 aliphatic heterocycles. The summed E-state index contributed by atoms with van der Waals surface area (Å²) < 4.78 is 41.2. The molecule has 1 aliphatic rings. The summed E-state index contributed by atoms with van der Waals surface area (Å²) in [5.41, 5.74) is 4.43. The number of rotatable bonds is 6. The van der Waals surface area contributed by atoms with Crippen molar-refractivity contribution in [3.8, 4) is 11.5 Å². The van der Waals surface area contributed by atoms with Gasteiger partial charge in [0.05, 0.1) is 25.7 Å². The Hall–Kier alpha value is -3.00. The number of fused-ring (bicyclic) bond motifs is 1. The lowest BCUT2D eigenvalue weighted by atomic mass is 10.0. The zero-order chi connectivity index (χ0) is 23.9. The van der Waals surface area contributed by atoms with Crippen molar-refractivity contribution >= 4 is 26.7 Å². The minimum Gasteiger partial charge on any atom is -0.493 e. The lowest BCUT2D eigenvalue weighted by Gasteiger charge is -2.28. The van der Waals surface area contributed by atoms with Crippen molar-refractivity contribution in [3.05, 3.63) is 58.3 Å². The third-order valence-electron chi connectivity index (χ3n) is 6.46. The van der Waals surface area contributed by atoms with Gasteiger partial charge < -0.3 is 18.8 Å². The monoisotopic (exact) mass is 471 g/mol. The number of aryl methyl sites for hydroxylation is 3. The molecule has 2 aromatic carbocycles. The second kappa shape index (κ2) is 8.74. The van der Waals surface area contributed by atoms with Gasteiger partial charge in [0.1, 0.15) is 5.58 Å². The quantitative estimate of drug-likeness (QED) is 0.536. The zero-order valence-corrected chi connectivity index (χ0v) is 20.4. The number of nitrogens with zero attached hydrogens (tertiary/aromatic N) is 1. The first-order chi connectivity index (χ1) is 15.6. The maximum atomic E-state index is 13.8. The van der Waals surface area contributed by atoms with Crippen molar-refractivity contribution in [2.45, 2.75) is 39.8 Å². The van der Waals surface area contributed by atoms with Crippen LogP contribution in [0.15, 0.2) is 34.7 Å². The Balaban J connectivity index is 1.75. The topological polar surface area (TPSA) is 86.0 Å². The molecule has 3 aromatic rings. The van der Waals surface area contributed by atoms with E-state index in [1.54, 1.807) is 31.3 Å². The van der Waals surface area contributed by atoms with Crippen LogP contribution in [0.2, 0.25) is 0 Å². The second-order valence-electron chi connectivity index (χ2n) is 8.67. The normalized spacial score (nSPS) is 17.3. The highest BCUT2D eigenvalue weighted by molar-refractivity contribution is 7.91. The number of furan rings is 1.